The second-order valence-electron chi connectivity index (χ2n) is 7.24. The van der Waals surface area contributed by atoms with Gasteiger partial charge in [0.15, 0.2) is 0 Å². The number of β-amino-alcohol motifs (C(OH)–C–C–N with tert-alkyl or cyclic N) is 1. The van der Waals surface area contributed by atoms with Gasteiger partial charge in [-0.1, -0.05) is 20.8 Å². The first-order valence-electron chi connectivity index (χ1n) is 8.17. The molecule has 0 bridgehead atoms. The first-order valence-corrected chi connectivity index (χ1v) is 8.17. The summed E-state index contributed by atoms with van der Waals surface area (Å²) in [6.45, 7) is 10.7. The number of carbonyl (C=O) groups excluding carboxylic acids is 1. The largest absolute Gasteiger partial charge is 0.391 e. The maximum absolute atomic E-state index is 12.0. The number of hydrogen-bond donors (Lipinski definition) is 2. The molecule has 1 aliphatic heterocycles. The Labute approximate surface area is 138 Å². The molecular formula is C17H28N4O2. The number of carbonyl (C=O) groups is 1. The quantitative estimate of drug-likeness (QED) is 0.848. The zero-order valence-electron chi connectivity index (χ0n) is 14.3. The second kappa shape index (κ2) is 7.86. The molecule has 0 spiro atoms. The highest BCUT2D eigenvalue weighted by molar-refractivity contribution is 5.92. The van der Waals surface area contributed by atoms with Crippen LogP contribution in [0.5, 0.6) is 0 Å². The fourth-order valence-electron chi connectivity index (χ4n) is 2.49. The fraction of sp³-hybridized carbons (Fsp3) is 0.647. The van der Waals surface area contributed by atoms with Crippen LogP contribution in [-0.2, 0) is 4.79 Å². The standard InChI is InChI=1S/C17H28N4O2/c1-17(2,3)15(22)12-20-8-10-21(11-9-20)13-16(23)19-14-4-6-18-7-5-14/h4-7,15,22H,8-13H2,1-3H3,(H,18,19,23)/t15-/m1/s1. The topological polar surface area (TPSA) is 68.7 Å². The Morgan fingerprint density at radius 3 is 2.35 bits per heavy atom. The monoisotopic (exact) mass is 320 g/mol. The second-order valence-corrected chi connectivity index (χ2v) is 7.24. The molecule has 1 aromatic rings. The van der Waals surface area contributed by atoms with Gasteiger partial charge in [-0.25, -0.2) is 0 Å². The van der Waals surface area contributed by atoms with Crippen LogP contribution in [0.25, 0.3) is 0 Å². The molecule has 2 rings (SSSR count). The summed E-state index contributed by atoms with van der Waals surface area (Å²) >= 11 is 0. The zero-order chi connectivity index (χ0) is 16.9. The summed E-state index contributed by atoms with van der Waals surface area (Å²) in [6, 6.07) is 3.56. The summed E-state index contributed by atoms with van der Waals surface area (Å²) in [6.07, 6.45) is 2.99. The molecule has 6 nitrogen and oxygen atoms in total. The number of rotatable bonds is 5. The molecule has 23 heavy (non-hydrogen) atoms. The van der Waals surface area contributed by atoms with Crippen LogP contribution in [0.3, 0.4) is 0 Å². The van der Waals surface area contributed by atoms with Crippen LogP contribution in [-0.4, -0.2) is 71.2 Å². The van der Waals surface area contributed by atoms with Gasteiger partial charge in [0.25, 0.3) is 0 Å². The van der Waals surface area contributed by atoms with Crippen molar-refractivity contribution in [2.45, 2.75) is 26.9 Å². The highest BCUT2D eigenvalue weighted by Crippen LogP contribution is 2.20. The van der Waals surface area contributed by atoms with Gasteiger partial charge in [0, 0.05) is 50.8 Å². The van der Waals surface area contributed by atoms with Crippen LogP contribution >= 0.6 is 0 Å². The van der Waals surface area contributed by atoms with E-state index in [0.29, 0.717) is 13.1 Å². The lowest BCUT2D eigenvalue weighted by molar-refractivity contribution is -0.117. The molecule has 0 radical (unpaired) electrons. The molecule has 0 saturated carbocycles. The van der Waals surface area contributed by atoms with Gasteiger partial charge < -0.3 is 10.4 Å². The van der Waals surface area contributed by atoms with E-state index in [1.54, 1.807) is 24.5 Å². The third-order valence-corrected chi connectivity index (χ3v) is 4.23. The van der Waals surface area contributed by atoms with E-state index in [4.69, 9.17) is 0 Å². The van der Waals surface area contributed by atoms with Gasteiger partial charge in [0.05, 0.1) is 12.6 Å². The van der Waals surface area contributed by atoms with Gasteiger partial charge in [0.2, 0.25) is 5.91 Å². The van der Waals surface area contributed by atoms with Crippen LogP contribution in [0.15, 0.2) is 24.5 Å². The van der Waals surface area contributed by atoms with Crippen molar-refractivity contribution in [3.63, 3.8) is 0 Å². The predicted octanol–water partition coefficient (Wildman–Crippen LogP) is 1.04. The Bertz CT molecular complexity index is 493. The van der Waals surface area contributed by atoms with E-state index in [2.05, 4.69) is 40.9 Å². The molecule has 1 aliphatic rings. The molecule has 1 aromatic heterocycles. The van der Waals surface area contributed by atoms with Gasteiger partial charge in [-0.3, -0.25) is 19.6 Å². The highest BCUT2D eigenvalue weighted by atomic mass is 16.3. The maximum Gasteiger partial charge on any atom is 0.238 e. The average molecular weight is 320 g/mol. The number of amides is 1. The number of aromatic nitrogens is 1. The number of pyridine rings is 1. The molecule has 0 unspecified atom stereocenters. The molecule has 1 fully saturated rings. The van der Waals surface area contributed by atoms with E-state index in [1.165, 1.54) is 0 Å². The normalized spacial score (nSPS) is 18.6. The number of aliphatic hydroxyl groups is 1. The van der Waals surface area contributed by atoms with Crippen LogP contribution in [0.2, 0.25) is 0 Å². The van der Waals surface area contributed by atoms with E-state index in [1.807, 2.05) is 0 Å². The highest BCUT2D eigenvalue weighted by Gasteiger charge is 2.26. The summed E-state index contributed by atoms with van der Waals surface area (Å²) in [5.41, 5.74) is 0.679. The first-order chi connectivity index (χ1) is 10.8. The molecule has 2 heterocycles. The van der Waals surface area contributed by atoms with Gasteiger partial charge >= 0.3 is 0 Å². The Morgan fingerprint density at radius 2 is 1.78 bits per heavy atom. The van der Waals surface area contributed by atoms with E-state index in [9.17, 15) is 9.90 Å². The van der Waals surface area contributed by atoms with Crippen LogP contribution in [0.1, 0.15) is 20.8 Å². The molecule has 128 valence electrons. The molecule has 0 aromatic carbocycles. The zero-order valence-corrected chi connectivity index (χ0v) is 14.3. The van der Waals surface area contributed by atoms with E-state index >= 15 is 0 Å². The van der Waals surface area contributed by atoms with Crippen molar-refractivity contribution in [1.29, 1.82) is 0 Å². The lowest BCUT2D eigenvalue weighted by atomic mass is 9.89. The smallest absolute Gasteiger partial charge is 0.238 e. The Kier molecular flexibility index (Phi) is 6.10. The Morgan fingerprint density at radius 1 is 1.22 bits per heavy atom. The Hall–Kier alpha value is -1.50. The maximum atomic E-state index is 12.0. The average Bonchev–Trinajstić information content (AvgIpc) is 2.49. The van der Waals surface area contributed by atoms with Crippen molar-refractivity contribution in [1.82, 2.24) is 14.8 Å². The minimum Gasteiger partial charge on any atom is -0.391 e. The van der Waals surface area contributed by atoms with Crippen LogP contribution in [0, 0.1) is 5.41 Å². The molecule has 2 N–H and O–H groups in total. The van der Waals surface area contributed by atoms with Gasteiger partial charge in [-0.2, -0.15) is 0 Å². The summed E-state index contributed by atoms with van der Waals surface area (Å²) in [7, 11) is 0. The third kappa shape index (κ3) is 5.89. The minimum absolute atomic E-state index is 0.000578. The van der Waals surface area contributed by atoms with Gasteiger partial charge in [-0.05, 0) is 17.5 Å². The SMILES string of the molecule is CC(C)(C)[C@H](O)CN1CCN(CC(=O)Nc2ccncc2)CC1. The number of hydrogen-bond acceptors (Lipinski definition) is 5. The first kappa shape index (κ1) is 17.8. The molecule has 1 amide bonds. The van der Waals surface area contributed by atoms with E-state index in [0.717, 1.165) is 31.9 Å². The number of nitrogens with one attached hydrogen (secondary N) is 1. The lowest BCUT2D eigenvalue weighted by Crippen LogP contribution is -2.51. The van der Waals surface area contributed by atoms with Crippen LogP contribution < -0.4 is 5.32 Å². The molecular weight excluding hydrogens is 292 g/mol. The van der Waals surface area contributed by atoms with Crippen molar-refractivity contribution < 1.29 is 9.90 Å². The third-order valence-electron chi connectivity index (χ3n) is 4.23. The number of piperazine rings is 1. The van der Waals surface area contributed by atoms with Crippen molar-refractivity contribution >= 4 is 11.6 Å². The van der Waals surface area contributed by atoms with Crippen molar-refractivity contribution in [2.75, 3.05) is 44.6 Å². The van der Waals surface area contributed by atoms with Crippen molar-refractivity contribution in [2.24, 2.45) is 5.41 Å². The summed E-state index contributed by atoms with van der Waals surface area (Å²) < 4.78 is 0. The predicted molar refractivity (Wildman–Crippen MR) is 91.2 cm³/mol. The number of aliphatic hydroxyl groups excluding tert-OH is 1. The van der Waals surface area contributed by atoms with E-state index in [-0.39, 0.29) is 17.4 Å². The van der Waals surface area contributed by atoms with Gasteiger partial charge in [0.1, 0.15) is 0 Å². The summed E-state index contributed by atoms with van der Waals surface area (Å²) in [5, 5.41) is 13.1. The molecule has 1 atom stereocenters. The van der Waals surface area contributed by atoms with Crippen molar-refractivity contribution in [3.8, 4) is 0 Å². The minimum atomic E-state index is -0.330. The molecule has 1 saturated heterocycles. The molecule has 6 heteroatoms. The van der Waals surface area contributed by atoms with Gasteiger partial charge in [-0.15, -0.1) is 0 Å². The van der Waals surface area contributed by atoms with Crippen molar-refractivity contribution in [3.05, 3.63) is 24.5 Å². The lowest BCUT2D eigenvalue weighted by Gasteiger charge is -2.37. The summed E-state index contributed by atoms with van der Waals surface area (Å²) in [5.74, 6) is -0.000578. The summed E-state index contributed by atoms with van der Waals surface area (Å²) in [4.78, 5) is 20.4. The molecule has 0 aliphatic carbocycles. The number of anilines is 1. The number of nitrogens with zero attached hydrogens (tertiary/aromatic N) is 3. The Balaban J connectivity index is 1.71. The van der Waals surface area contributed by atoms with Crippen LogP contribution in [0.4, 0.5) is 5.69 Å². The van der Waals surface area contributed by atoms with E-state index < -0.39 is 0 Å². The fourth-order valence-corrected chi connectivity index (χ4v) is 2.49.